The van der Waals surface area contributed by atoms with E-state index in [4.69, 9.17) is 10.9 Å². The average molecular weight is 306 g/mol. The summed E-state index contributed by atoms with van der Waals surface area (Å²) in [6.45, 7) is 7.24. The highest BCUT2D eigenvalue weighted by atomic mass is 32.2. The van der Waals surface area contributed by atoms with E-state index in [1.54, 1.807) is 4.90 Å². The van der Waals surface area contributed by atoms with Gasteiger partial charge in [-0.3, -0.25) is 4.79 Å². The van der Waals surface area contributed by atoms with E-state index < -0.39 is 16.3 Å². The number of likely N-dealkylation sites (tertiary alicyclic amines) is 1. The van der Waals surface area contributed by atoms with Gasteiger partial charge in [0.05, 0.1) is 6.04 Å². The van der Waals surface area contributed by atoms with Gasteiger partial charge in [-0.25, -0.2) is 9.86 Å². The van der Waals surface area contributed by atoms with Gasteiger partial charge in [-0.15, -0.1) is 0 Å². The van der Waals surface area contributed by atoms with Crippen LogP contribution in [0.1, 0.15) is 33.6 Å². The number of nitrogens with two attached hydrogens (primary N) is 2. The van der Waals surface area contributed by atoms with Crippen molar-refractivity contribution in [2.24, 2.45) is 22.2 Å². The normalized spacial score (nSPS) is 22.6. The molecule has 1 aliphatic heterocycles. The van der Waals surface area contributed by atoms with Gasteiger partial charge in [-0.05, 0) is 24.2 Å². The van der Waals surface area contributed by atoms with Crippen LogP contribution >= 0.6 is 0 Å². The van der Waals surface area contributed by atoms with Crippen LogP contribution in [-0.2, 0) is 15.0 Å². The monoisotopic (exact) mass is 306 g/mol. The minimum absolute atomic E-state index is 0.0715. The van der Waals surface area contributed by atoms with Crippen molar-refractivity contribution in [3.05, 3.63) is 0 Å². The fourth-order valence-corrected chi connectivity index (χ4v) is 2.70. The first kappa shape index (κ1) is 17.4. The van der Waals surface area contributed by atoms with Gasteiger partial charge < -0.3 is 10.6 Å². The Labute approximate surface area is 121 Å². The second-order valence-corrected chi connectivity index (χ2v) is 7.91. The zero-order chi connectivity index (χ0) is 15.6. The molecule has 0 saturated carbocycles. The average Bonchev–Trinajstić information content (AvgIpc) is 2.33. The standard InChI is InChI=1S/C12H26N4O3S/c1-12(2,3)10(13)11(17)16-6-4-5-9(8-16)7-15-20(14,18)19/h9-10,15H,4-8,13H2,1-3H3,(H2,14,18,19)/t9?,10-/m0/s1. The van der Waals surface area contributed by atoms with E-state index >= 15 is 0 Å². The molecule has 1 aliphatic rings. The predicted molar refractivity (Wildman–Crippen MR) is 77.8 cm³/mol. The van der Waals surface area contributed by atoms with Crippen molar-refractivity contribution in [3.63, 3.8) is 0 Å². The fraction of sp³-hybridized carbons (Fsp3) is 0.917. The number of carbonyl (C=O) groups excluding carboxylic acids is 1. The molecule has 0 radical (unpaired) electrons. The highest BCUT2D eigenvalue weighted by Crippen LogP contribution is 2.22. The van der Waals surface area contributed by atoms with E-state index in [0.717, 1.165) is 12.8 Å². The molecular formula is C12H26N4O3S. The topological polar surface area (TPSA) is 119 Å². The van der Waals surface area contributed by atoms with E-state index in [9.17, 15) is 13.2 Å². The number of amides is 1. The maximum Gasteiger partial charge on any atom is 0.274 e. The molecule has 0 bridgehead atoms. The molecule has 5 N–H and O–H groups in total. The summed E-state index contributed by atoms with van der Waals surface area (Å²) in [5.41, 5.74) is 5.70. The number of nitrogens with one attached hydrogen (secondary N) is 1. The second-order valence-electron chi connectivity index (χ2n) is 6.53. The van der Waals surface area contributed by atoms with Gasteiger partial charge >= 0.3 is 0 Å². The van der Waals surface area contributed by atoms with Crippen molar-refractivity contribution in [2.75, 3.05) is 19.6 Å². The molecule has 8 heteroatoms. The Hall–Kier alpha value is -0.700. The van der Waals surface area contributed by atoms with Crippen molar-refractivity contribution in [1.29, 1.82) is 0 Å². The van der Waals surface area contributed by atoms with Crippen LogP contribution in [0.5, 0.6) is 0 Å². The lowest BCUT2D eigenvalue weighted by Gasteiger charge is -2.37. The van der Waals surface area contributed by atoms with Crippen LogP contribution in [0, 0.1) is 11.3 Å². The SMILES string of the molecule is CC(C)(C)[C@@H](N)C(=O)N1CCCC(CNS(N)(=O)=O)C1. The number of carbonyl (C=O) groups is 1. The Morgan fingerprint density at radius 3 is 2.55 bits per heavy atom. The molecule has 0 aliphatic carbocycles. The Kier molecular flexibility index (Phi) is 5.54. The maximum atomic E-state index is 12.3. The fourth-order valence-electron chi connectivity index (χ4n) is 2.23. The lowest BCUT2D eigenvalue weighted by molar-refractivity contribution is -0.136. The summed E-state index contributed by atoms with van der Waals surface area (Å²) in [4.78, 5) is 14.1. The van der Waals surface area contributed by atoms with Crippen LogP contribution in [0.3, 0.4) is 0 Å². The number of piperidine rings is 1. The highest BCUT2D eigenvalue weighted by Gasteiger charge is 2.33. The Morgan fingerprint density at radius 2 is 2.05 bits per heavy atom. The molecule has 1 rings (SSSR count). The molecule has 118 valence electrons. The molecule has 0 aromatic heterocycles. The van der Waals surface area contributed by atoms with E-state index in [0.29, 0.717) is 13.1 Å². The highest BCUT2D eigenvalue weighted by molar-refractivity contribution is 7.87. The summed E-state index contributed by atoms with van der Waals surface area (Å²) in [5.74, 6) is 0.0102. The third kappa shape index (κ3) is 5.35. The van der Waals surface area contributed by atoms with Crippen LogP contribution in [0.15, 0.2) is 0 Å². The molecule has 20 heavy (non-hydrogen) atoms. The molecular weight excluding hydrogens is 280 g/mol. The van der Waals surface area contributed by atoms with Crippen molar-refractivity contribution in [3.8, 4) is 0 Å². The molecule has 1 amide bonds. The first-order chi connectivity index (χ1) is 9.00. The molecule has 0 spiro atoms. The lowest BCUT2D eigenvalue weighted by Crippen LogP contribution is -2.53. The van der Waals surface area contributed by atoms with Crippen LogP contribution in [0.4, 0.5) is 0 Å². The van der Waals surface area contributed by atoms with Gasteiger partial charge in [0.1, 0.15) is 0 Å². The number of hydrogen-bond donors (Lipinski definition) is 3. The molecule has 2 atom stereocenters. The minimum Gasteiger partial charge on any atom is -0.341 e. The largest absolute Gasteiger partial charge is 0.341 e. The predicted octanol–water partition coefficient (Wildman–Crippen LogP) is -0.608. The third-order valence-electron chi connectivity index (χ3n) is 3.60. The van der Waals surface area contributed by atoms with Gasteiger partial charge in [0.2, 0.25) is 5.91 Å². The number of rotatable bonds is 4. The molecule has 1 unspecified atom stereocenters. The molecule has 1 fully saturated rings. The summed E-state index contributed by atoms with van der Waals surface area (Å²) >= 11 is 0. The van der Waals surface area contributed by atoms with E-state index in [2.05, 4.69) is 4.72 Å². The minimum atomic E-state index is -3.68. The summed E-state index contributed by atoms with van der Waals surface area (Å²) in [7, 11) is -3.68. The van der Waals surface area contributed by atoms with Crippen molar-refractivity contribution in [2.45, 2.75) is 39.7 Å². The van der Waals surface area contributed by atoms with Crippen LogP contribution in [0.2, 0.25) is 0 Å². The number of hydrogen-bond acceptors (Lipinski definition) is 4. The van der Waals surface area contributed by atoms with Crippen molar-refractivity contribution < 1.29 is 13.2 Å². The van der Waals surface area contributed by atoms with Crippen molar-refractivity contribution in [1.82, 2.24) is 9.62 Å². The smallest absolute Gasteiger partial charge is 0.274 e. The maximum absolute atomic E-state index is 12.3. The molecule has 7 nitrogen and oxygen atoms in total. The molecule has 0 aromatic rings. The van der Waals surface area contributed by atoms with Gasteiger partial charge in [0.25, 0.3) is 10.2 Å². The third-order valence-corrected chi connectivity index (χ3v) is 4.17. The first-order valence-corrected chi connectivity index (χ1v) is 8.37. The molecule has 0 aromatic carbocycles. The molecule has 1 heterocycles. The van der Waals surface area contributed by atoms with Gasteiger partial charge in [-0.1, -0.05) is 20.8 Å². The summed E-state index contributed by atoms with van der Waals surface area (Å²) < 4.78 is 24.1. The molecule has 1 saturated heterocycles. The Bertz CT molecular complexity index is 444. The zero-order valence-electron chi connectivity index (χ0n) is 12.4. The van der Waals surface area contributed by atoms with Gasteiger partial charge in [0, 0.05) is 19.6 Å². The summed E-state index contributed by atoms with van der Waals surface area (Å²) in [6, 6.07) is -0.549. The zero-order valence-corrected chi connectivity index (χ0v) is 13.2. The Morgan fingerprint density at radius 1 is 1.45 bits per heavy atom. The van der Waals surface area contributed by atoms with Crippen LogP contribution in [0.25, 0.3) is 0 Å². The van der Waals surface area contributed by atoms with Crippen LogP contribution < -0.4 is 15.6 Å². The summed E-state index contributed by atoms with van der Waals surface area (Å²) in [5, 5.41) is 4.91. The quantitative estimate of drug-likeness (QED) is 0.642. The second kappa shape index (κ2) is 6.38. The van der Waals surface area contributed by atoms with Crippen LogP contribution in [-0.4, -0.2) is 44.9 Å². The lowest BCUT2D eigenvalue weighted by atomic mass is 9.86. The van der Waals surface area contributed by atoms with E-state index in [1.165, 1.54) is 0 Å². The van der Waals surface area contributed by atoms with E-state index in [1.807, 2.05) is 20.8 Å². The van der Waals surface area contributed by atoms with Crippen molar-refractivity contribution >= 4 is 16.1 Å². The number of nitrogens with zero attached hydrogens (tertiary/aromatic N) is 1. The Balaban J connectivity index is 2.58. The van der Waals surface area contributed by atoms with Gasteiger partial charge in [-0.2, -0.15) is 8.42 Å². The summed E-state index contributed by atoms with van der Waals surface area (Å²) in [6.07, 6.45) is 1.72. The van der Waals surface area contributed by atoms with Gasteiger partial charge in [0.15, 0.2) is 0 Å². The first-order valence-electron chi connectivity index (χ1n) is 6.82. The van der Waals surface area contributed by atoms with E-state index in [-0.39, 0.29) is 23.8 Å².